The lowest BCUT2D eigenvalue weighted by atomic mass is 10.1. The molecule has 2 aromatic rings. The highest BCUT2D eigenvalue weighted by atomic mass is 35.5. The van der Waals surface area contributed by atoms with Crippen molar-refractivity contribution in [3.05, 3.63) is 34.3 Å². The van der Waals surface area contributed by atoms with Crippen LogP contribution < -0.4 is 0 Å². The minimum absolute atomic E-state index is 0.573. The minimum atomic E-state index is 0.573. The molecule has 2 rings (SSSR count). The molecule has 0 saturated carbocycles. The van der Waals surface area contributed by atoms with E-state index in [1.165, 1.54) is 11.8 Å². The molecule has 1 aromatic carbocycles. The van der Waals surface area contributed by atoms with Gasteiger partial charge in [0.1, 0.15) is 5.69 Å². The molecule has 5 heteroatoms. The van der Waals surface area contributed by atoms with Crippen LogP contribution in [-0.2, 0) is 0 Å². The maximum absolute atomic E-state index is 6.04. The van der Waals surface area contributed by atoms with Crippen molar-refractivity contribution in [1.29, 1.82) is 0 Å². The van der Waals surface area contributed by atoms with Gasteiger partial charge in [0.25, 0.3) is 0 Å². The van der Waals surface area contributed by atoms with Crippen molar-refractivity contribution in [3.8, 4) is 11.3 Å². The van der Waals surface area contributed by atoms with Crippen molar-refractivity contribution in [2.75, 3.05) is 6.26 Å². The van der Waals surface area contributed by atoms with E-state index in [4.69, 9.17) is 27.7 Å². The van der Waals surface area contributed by atoms with Gasteiger partial charge in [-0.25, -0.2) is 0 Å². The second-order valence-electron chi connectivity index (χ2n) is 2.86. The first kappa shape index (κ1) is 10.9. The zero-order chi connectivity index (χ0) is 10.8. The van der Waals surface area contributed by atoms with Gasteiger partial charge in [0.15, 0.2) is 5.09 Å². The van der Waals surface area contributed by atoms with Gasteiger partial charge in [0.2, 0.25) is 0 Å². The summed E-state index contributed by atoms with van der Waals surface area (Å²) in [6.45, 7) is 0. The van der Waals surface area contributed by atoms with Gasteiger partial charge in [0.05, 0.1) is 5.02 Å². The summed E-state index contributed by atoms with van der Waals surface area (Å²) >= 11 is 13.3. The average molecular weight is 260 g/mol. The van der Waals surface area contributed by atoms with Gasteiger partial charge >= 0.3 is 0 Å². The van der Waals surface area contributed by atoms with Crippen molar-refractivity contribution in [2.45, 2.75) is 5.09 Å². The van der Waals surface area contributed by atoms with Crippen LogP contribution in [0.25, 0.3) is 11.3 Å². The highest BCUT2D eigenvalue weighted by Crippen LogP contribution is 2.31. The van der Waals surface area contributed by atoms with Crippen LogP contribution >= 0.6 is 35.0 Å². The Morgan fingerprint density at radius 3 is 2.67 bits per heavy atom. The third-order valence-electron chi connectivity index (χ3n) is 1.90. The predicted molar refractivity (Wildman–Crippen MR) is 63.7 cm³/mol. The smallest absolute Gasteiger partial charge is 0.193 e. The molecule has 15 heavy (non-hydrogen) atoms. The summed E-state index contributed by atoms with van der Waals surface area (Å²) in [5.41, 5.74) is 1.55. The largest absolute Gasteiger partial charge is 0.349 e. The Balaban J connectivity index is 2.44. The molecule has 0 N–H and O–H groups in total. The summed E-state index contributed by atoms with van der Waals surface area (Å²) in [5.74, 6) is 0. The van der Waals surface area contributed by atoms with E-state index >= 15 is 0 Å². The predicted octanol–water partition coefficient (Wildman–Crippen LogP) is 4.37. The van der Waals surface area contributed by atoms with Crippen molar-refractivity contribution < 1.29 is 4.52 Å². The SMILES string of the molecule is CSc1cc(-c2ccc(Cl)cc2Cl)no1. The van der Waals surface area contributed by atoms with E-state index in [1.807, 2.05) is 18.4 Å². The molecular weight excluding hydrogens is 253 g/mol. The normalized spacial score (nSPS) is 10.6. The Kier molecular flexibility index (Phi) is 3.24. The fourth-order valence-electron chi connectivity index (χ4n) is 1.18. The van der Waals surface area contributed by atoms with E-state index in [0.717, 1.165) is 16.3 Å². The van der Waals surface area contributed by atoms with Crippen LogP contribution in [0.3, 0.4) is 0 Å². The van der Waals surface area contributed by atoms with Crippen molar-refractivity contribution in [1.82, 2.24) is 5.16 Å². The molecule has 0 radical (unpaired) electrons. The van der Waals surface area contributed by atoms with Gasteiger partial charge in [-0.15, -0.1) is 0 Å². The molecule has 0 aliphatic rings. The van der Waals surface area contributed by atoms with E-state index in [9.17, 15) is 0 Å². The minimum Gasteiger partial charge on any atom is -0.349 e. The van der Waals surface area contributed by atoms with Crippen LogP contribution in [0.5, 0.6) is 0 Å². The average Bonchev–Trinajstić information content (AvgIpc) is 2.66. The topological polar surface area (TPSA) is 26.0 Å². The first-order chi connectivity index (χ1) is 7.20. The lowest BCUT2D eigenvalue weighted by molar-refractivity contribution is 0.352. The van der Waals surface area contributed by atoms with Crippen LogP contribution in [-0.4, -0.2) is 11.4 Å². The summed E-state index contributed by atoms with van der Waals surface area (Å²) in [5, 5.41) is 5.87. The lowest BCUT2D eigenvalue weighted by Crippen LogP contribution is -1.78. The second-order valence-corrected chi connectivity index (χ2v) is 4.51. The quantitative estimate of drug-likeness (QED) is 0.750. The van der Waals surface area contributed by atoms with Gasteiger partial charge in [0, 0.05) is 16.7 Å². The molecule has 0 fully saturated rings. The highest BCUT2D eigenvalue weighted by molar-refractivity contribution is 7.98. The van der Waals surface area contributed by atoms with E-state index in [0.29, 0.717) is 10.0 Å². The summed E-state index contributed by atoms with van der Waals surface area (Å²) in [6, 6.07) is 7.13. The maximum atomic E-state index is 6.04. The van der Waals surface area contributed by atoms with Gasteiger partial charge in [-0.05, 0) is 24.5 Å². The van der Waals surface area contributed by atoms with Crippen LogP contribution in [0.2, 0.25) is 10.0 Å². The van der Waals surface area contributed by atoms with Crippen molar-refractivity contribution in [3.63, 3.8) is 0 Å². The third kappa shape index (κ3) is 2.30. The van der Waals surface area contributed by atoms with Gasteiger partial charge in [-0.3, -0.25) is 0 Å². The van der Waals surface area contributed by atoms with E-state index in [1.54, 1.807) is 12.1 Å². The van der Waals surface area contributed by atoms with Gasteiger partial charge in [-0.2, -0.15) is 0 Å². The standard InChI is InChI=1S/C10H7Cl2NOS/c1-15-10-5-9(13-14-10)7-3-2-6(11)4-8(7)12/h2-5H,1H3. The molecular formula is C10H7Cl2NOS. The number of aromatic nitrogens is 1. The van der Waals surface area contributed by atoms with E-state index in [-0.39, 0.29) is 0 Å². The van der Waals surface area contributed by atoms with E-state index in [2.05, 4.69) is 5.16 Å². The zero-order valence-electron chi connectivity index (χ0n) is 7.83. The Morgan fingerprint density at radius 2 is 2.07 bits per heavy atom. The lowest BCUT2D eigenvalue weighted by Gasteiger charge is -1.99. The van der Waals surface area contributed by atoms with Crippen molar-refractivity contribution >= 4 is 35.0 Å². The van der Waals surface area contributed by atoms with E-state index < -0.39 is 0 Å². The molecule has 0 unspecified atom stereocenters. The molecule has 0 atom stereocenters. The number of hydrogen-bond acceptors (Lipinski definition) is 3. The van der Waals surface area contributed by atoms with Crippen molar-refractivity contribution in [2.24, 2.45) is 0 Å². The Hall–Kier alpha value is -0.640. The molecule has 0 aliphatic carbocycles. The summed E-state index contributed by atoms with van der Waals surface area (Å²) in [4.78, 5) is 0. The monoisotopic (exact) mass is 259 g/mol. The third-order valence-corrected chi connectivity index (χ3v) is 3.04. The molecule has 0 amide bonds. The highest BCUT2D eigenvalue weighted by Gasteiger charge is 2.09. The Bertz CT molecular complexity index is 484. The molecule has 0 aliphatic heterocycles. The number of thioether (sulfide) groups is 1. The van der Waals surface area contributed by atoms with Crippen LogP contribution in [0.1, 0.15) is 0 Å². The Labute approximate surface area is 102 Å². The Morgan fingerprint density at radius 1 is 1.27 bits per heavy atom. The summed E-state index contributed by atoms with van der Waals surface area (Å²) in [7, 11) is 0. The fourth-order valence-corrected chi connectivity index (χ4v) is 2.03. The number of nitrogens with zero attached hydrogens (tertiary/aromatic N) is 1. The number of hydrogen-bond donors (Lipinski definition) is 0. The maximum Gasteiger partial charge on any atom is 0.193 e. The van der Waals surface area contributed by atoms with Crippen LogP contribution in [0.4, 0.5) is 0 Å². The molecule has 1 aromatic heterocycles. The zero-order valence-corrected chi connectivity index (χ0v) is 10.2. The van der Waals surface area contributed by atoms with Gasteiger partial charge < -0.3 is 4.52 Å². The molecule has 78 valence electrons. The fraction of sp³-hybridized carbons (Fsp3) is 0.100. The second kappa shape index (κ2) is 4.47. The molecule has 2 nitrogen and oxygen atoms in total. The number of halogens is 2. The van der Waals surface area contributed by atoms with Gasteiger partial charge in [-0.1, -0.05) is 40.1 Å². The molecule has 0 bridgehead atoms. The van der Waals surface area contributed by atoms with Crippen LogP contribution in [0.15, 0.2) is 33.9 Å². The number of rotatable bonds is 2. The molecule has 0 saturated heterocycles. The first-order valence-corrected chi connectivity index (χ1v) is 6.15. The first-order valence-electron chi connectivity index (χ1n) is 4.17. The number of benzene rings is 1. The summed E-state index contributed by atoms with van der Waals surface area (Å²) in [6.07, 6.45) is 1.92. The van der Waals surface area contributed by atoms with Crippen LogP contribution in [0, 0.1) is 0 Å². The molecule has 1 heterocycles. The molecule has 0 spiro atoms. The summed E-state index contributed by atoms with van der Waals surface area (Å²) < 4.78 is 5.07.